The van der Waals surface area contributed by atoms with Crippen molar-refractivity contribution in [2.75, 3.05) is 5.01 Å². The Bertz CT molecular complexity index is 1230. The molecule has 0 atom stereocenters. The monoisotopic (exact) mass is 443 g/mol. The van der Waals surface area contributed by atoms with E-state index in [1.807, 2.05) is 0 Å². The lowest BCUT2D eigenvalue weighted by Crippen LogP contribution is -2.35. The van der Waals surface area contributed by atoms with Crippen molar-refractivity contribution in [3.05, 3.63) is 86.1 Å². The third-order valence-electron chi connectivity index (χ3n) is 4.31. The summed E-state index contributed by atoms with van der Waals surface area (Å²) in [6, 6.07) is 13.6. The van der Waals surface area contributed by atoms with Gasteiger partial charge in [-0.25, -0.2) is 5.01 Å². The van der Waals surface area contributed by atoms with Crippen LogP contribution in [0.5, 0.6) is 0 Å². The maximum Gasteiger partial charge on any atom is 0.282 e. The number of non-ortho nitro benzene ring substituents is 1. The third kappa shape index (κ3) is 3.66. The summed E-state index contributed by atoms with van der Waals surface area (Å²) in [5, 5.41) is 12.6. The molecule has 1 fully saturated rings. The number of hydrogen-bond acceptors (Lipinski definition) is 5. The van der Waals surface area contributed by atoms with Gasteiger partial charge in [-0.1, -0.05) is 35.3 Å². The van der Waals surface area contributed by atoms with E-state index in [0.29, 0.717) is 22.0 Å². The highest BCUT2D eigenvalue weighted by Gasteiger charge is 2.35. The zero-order valence-electron chi connectivity index (χ0n) is 15.0. The second-order valence-corrected chi connectivity index (χ2v) is 7.06. The van der Waals surface area contributed by atoms with Gasteiger partial charge >= 0.3 is 0 Å². The molecule has 1 aliphatic rings. The number of nitrogens with one attached hydrogen (secondary N) is 1. The summed E-state index contributed by atoms with van der Waals surface area (Å²) in [6.45, 7) is 0. The van der Waals surface area contributed by atoms with Crippen molar-refractivity contribution >= 4 is 52.5 Å². The van der Waals surface area contributed by atoms with Gasteiger partial charge in [0.15, 0.2) is 0 Å². The average molecular weight is 444 g/mol. The number of rotatable bonds is 4. The molecule has 0 spiro atoms. The molecule has 30 heavy (non-hydrogen) atoms. The van der Waals surface area contributed by atoms with Gasteiger partial charge in [0, 0.05) is 17.7 Å². The molecule has 2 aromatic carbocycles. The molecule has 4 rings (SSSR count). The van der Waals surface area contributed by atoms with Crippen molar-refractivity contribution in [3.8, 4) is 11.3 Å². The molecule has 150 valence electrons. The topological polar surface area (TPSA) is 106 Å². The van der Waals surface area contributed by atoms with Crippen LogP contribution in [0.4, 0.5) is 11.4 Å². The van der Waals surface area contributed by atoms with E-state index < -0.39 is 16.7 Å². The van der Waals surface area contributed by atoms with E-state index >= 15 is 0 Å². The molecule has 2 heterocycles. The molecule has 1 aromatic heterocycles. The number of hydrazine groups is 1. The van der Waals surface area contributed by atoms with E-state index in [-0.39, 0.29) is 22.0 Å². The molecule has 0 radical (unpaired) electrons. The molecule has 3 aromatic rings. The van der Waals surface area contributed by atoms with Gasteiger partial charge in [-0.2, -0.15) is 0 Å². The summed E-state index contributed by atoms with van der Waals surface area (Å²) < 4.78 is 5.65. The summed E-state index contributed by atoms with van der Waals surface area (Å²) in [4.78, 5) is 35.4. The maximum atomic E-state index is 12.7. The van der Waals surface area contributed by atoms with Gasteiger partial charge in [0.05, 0.1) is 20.7 Å². The van der Waals surface area contributed by atoms with Crippen LogP contribution in [-0.4, -0.2) is 16.7 Å². The van der Waals surface area contributed by atoms with E-state index in [1.54, 1.807) is 24.3 Å². The molecular weight excluding hydrogens is 433 g/mol. The Morgan fingerprint density at radius 3 is 2.57 bits per heavy atom. The molecule has 1 N–H and O–H groups in total. The highest BCUT2D eigenvalue weighted by atomic mass is 35.5. The molecule has 0 aliphatic carbocycles. The zero-order valence-corrected chi connectivity index (χ0v) is 16.5. The minimum Gasteiger partial charge on any atom is -0.457 e. The lowest BCUT2D eigenvalue weighted by molar-refractivity contribution is -0.384. The van der Waals surface area contributed by atoms with Crippen LogP contribution in [-0.2, 0) is 9.59 Å². The van der Waals surface area contributed by atoms with Crippen LogP contribution in [0.1, 0.15) is 5.76 Å². The van der Waals surface area contributed by atoms with Gasteiger partial charge in [-0.15, -0.1) is 0 Å². The lowest BCUT2D eigenvalue weighted by Gasteiger charge is -2.15. The summed E-state index contributed by atoms with van der Waals surface area (Å²) in [7, 11) is 0. The highest BCUT2D eigenvalue weighted by molar-refractivity contribution is 6.42. The first kappa shape index (κ1) is 19.7. The van der Waals surface area contributed by atoms with Crippen molar-refractivity contribution in [3.63, 3.8) is 0 Å². The number of carbonyl (C=O) groups excluding carboxylic acids is 2. The zero-order chi connectivity index (χ0) is 21.4. The number of hydrogen-bond donors (Lipinski definition) is 1. The minimum absolute atomic E-state index is 0.0774. The molecule has 0 saturated carbocycles. The first-order valence-electron chi connectivity index (χ1n) is 8.50. The molecule has 8 nitrogen and oxygen atoms in total. The van der Waals surface area contributed by atoms with Gasteiger partial charge in [0.1, 0.15) is 17.1 Å². The Morgan fingerprint density at radius 2 is 1.83 bits per heavy atom. The molecule has 2 amide bonds. The van der Waals surface area contributed by atoms with Crippen LogP contribution in [0.15, 0.2) is 64.6 Å². The normalized spacial score (nSPS) is 15.0. The number of amides is 2. The van der Waals surface area contributed by atoms with E-state index in [2.05, 4.69) is 5.43 Å². The molecule has 10 heteroatoms. The summed E-state index contributed by atoms with van der Waals surface area (Å²) in [6.07, 6.45) is 1.30. The Hall–Kier alpha value is -3.62. The fraction of sp³-hybridized carbons (Fsp3) is 0. The Kier molecular flexibility index (Phi) is 5.03. The maximum absolute atomic E-state index is 12.7. The number of anilines is 1. The first-order valence-corrected chi connectivity index (χ1v) is 9.26. The van der Waals surface area contributed by atoms with Crippen LogP contribution in [0.25, 0.3) is 17.4 Å². The molecular formula is C20H11Cl2N3O5. The predicted octanol–water partition coefficient (Wildman–Crippen LogP) is 4.62. The minimum atomic E-state index is -0.612. The summed E-state index contributed by atoms with van der Waals surface area (Å²) in [5.41, 5.74) is 3.08. The Labute approximate surface area is 179 Å². The Balaban J connectivity index is 1.62. The van der Waals surface area contributed by atoms with Gasteiger partial charge in [0.2, 0.25) is 0 Å². The average Bonchev–Trinajstić information content (AvgIpc) is 3.30. The summed E-state index contributed by atoms with van der Waals surface area (Å²) in [5.74, 6) is -0.602. The number of nitro benzene ring substituents is 1. The number of halogens is 2. The third-order valence-corrected chi connectivity index (χ3v) is 5.05. The SMILES string of the molecule is O=C1NN(c2ccc(Cl)c(Cl)c2)C(=O)/C1=C/c1ccc(-c2cccc([N+](=O)[O-])c2)o1. The van der Waals surface area contributed by atoms with Crippen molar-refractivity contribution in [2.45, 2.75) is 0 Å². The van der Waals surface area contributed by atoms with Crippen molar-refractivity contribution in [1.29, 1.82) is 0 Å². The largest absolute Gasteiger partial charge is 0.457 e. The second kappa shape index (κ2) is 7.66. The molecule has 1 aliphatic heterocycles. The highest BCUT2D eigenvalue weighted by Crippen LogP contribution is 2.30. The van der Waals surface area contributed by atoms with Crippen LogP contribution in [0.2, 0.25) is 10.0 Å². The van der Waals surface area contributed by atoms with Crippen LogP contribution < -0.4 is 10.4 Å². The van der Waals surface area contributed by atoms with Crippen molar-refractivity contribution in [1.82, 2.24) is 5.43 Å². The molecule has 0 unspecified atom stereocenters. The molecule has 1 saturated heterocycles. The number of nitro groups is 1. The van der Waals surface area contributed by atoms with Gasteiger partial charge in [-0.05, 0) is 36.4 Å². The number of nitrogens with zero attached hydrogens (tertiary/aromatic N) is 2. The number of carbonyl (C=O) groups is 2. The van der Waals surface area contributed by atoms with Crippen molar-refractivity contribution < 1.29 is 18.9 Å². The first-order chi connectivity index (χ1) is 14.3. The fourth-order valence-corrected chi connectivity index (χ4v) is 3.16. The van der Waals surface area contributed by atoms with Gasteiger partial charge in [0.25, 0.3) is 17.5 Å². The number of furan rings is 1. The fourth-order valence-electron chi connectivity index (χ4n) is 2.86. The van der Waals surface area contributed by atoms with Gasteiger partial charge < -0.3 is 4.42 Å². The van der Waals surface area contributed by atoms with Crippen LogP contribution >= 0.6 is 23.2 Å². The van der Waals surface area contributed by atoms with E-state index in [1.165, 1.54) is 36.4 Å². The number of benzene rings is 2. The predicted molar refractivity (Wildman–Crippen MR) is 111 cm³/mol. The smallest absolute Gasteiger partial charge is 0.282 e. The van der Waals surface area contributed by atoms with Crippen molar-refractivity contribution in [2.24, 2.45) is 0 Å². The summed E-state index contributed by atoms with van der Waals surface area (Å²) >= 11 is 11.9. The van der Waals surface area contributed by atoms with E-state index in [4.69, 9.17) is 27.6 Å². The van der Waals surface area contributed by atoms with Gasteiger partial charge in [-0.3, -0.25) is 25.1 Å². The Morgan fingerprint density at radius 1 is 1.03 bits per heavy atom. The van der Waals surface area contributed by atoms with Crippen LogP contribution in [0.3, 0.4) is 0 Å². The standard InChI is InChI=1S/C20H11Cl2N3O5/c21-16-6-4-12(9-17(16)22)24-20(27)15(19(26)23-24)10-14-5-7-18(30-14)11-2-1-3-13(8-11)25(28)29/h1-10H,(H,23,26)/b15-10+. The van der Waals surface area contributed by atoms with E-state index in [9.17, 15) is 19.7 Å². The second-order valence-electron chi connectivity index (χ2n) is 6.25. The van der Waals surface area contributed by atoms with Crippen LogP contribution in [0, 0.1) is 10.1 Å². The van der Waals surface area contributed by atoms with E-state index in [0.717, 1.165) is 5.01 Å². The molecule has 0 bridgehead atoms. The quantitative estimate of drug-likeness (QED) is 0.274. The lowest BCUT2D eigenvalue weighted by atomic mass is 10.1.